The van der Waals surface area contributed by atoms with Gasteiger partial charge in [0.2, 0.25) is 0 Å². The van der Waals surface area contributed by atoms with Gasteiger partial charge in [0.05, 0.1) is 11.3 Å². The number of carboxylic acid groups (broad SMARTS) is 1. The summed E-state index contributed by atoms with van der Waals surface area (Å²) in [7, 11) is 0. The van der Waals surface area contributed by atoms with Crippen molar-refractivity contribution in [1.82, 2.24) is 0 Å². The summed E-state index contributed by atoms with van der Waals surface area (Å²) in [5, 5.41) is 11.6. The average molecular weight is 245 g/mol. The van der Waals surface area contributed by atoms with E-state index in [9.17, 15) is 9.18 Å². The minimum Gasteiger partial charge on any atom is -0.478 e. The second-order valence-corrected chi connectivity index (χ2v) is 3.84. The van der Waals surface area contributed by atoms with Crippen molar-refractivity contribution < 1.29 is 14.3 Å². The maximum absolute atomic E-state index is 13.6. The van der Waals surface area contributed by atoms with E-state index in [4.69, 9.17) is 5.11 Å². The average Bonchev–Trinajstić information content (AvgIpc) is 2.38. The van der Waals surface area contributed by atoms with Crippen molar-refractivity contribution in [1.29, 1.82) is 0 Å². The minimum absolute atomic E-state index is 0.0576. The van der Waals surface area contributed by atoms with Crippen LogP contribution in [0.15, 0.2) is 48.5 Å². The molecule has 0 aliphatic rings. The Morgan fingerprint density at radius 1 is 1.17 bits per heavy atom. The molecule has 18 heavy (non-hydrogen) atoms. The van der Waals surface area contributed by atoms with Gasteiger partial charge in [-0.15, -0.1) is 0 Å². The Morgan fingerprint density at radius 2 is 1.89 bits per heavy atom. The van der Waals surface area contributed by atoms with Gasteiger partial charge in [-0.1, -0.05) is 30.3 Å². The van der Waals surface area contributed by atoms with Crippen LogP contribution in [0, 0.1) is 5.82 Å². The third-order valence-corrected chi connectivity index (χ3v) is 2.54. The van der Waals surface area contributed by atoms with E-state index < -0.39 is 11.8 Å². The maximum Gasteiger partial charge on any atom is 0.335 e. The number of benzene rings is 2. The summed E-state index contributed by atoms with van der Waals surface area (Å²) in [6.45, 7) is 0.490. The Morgan fingerprint density at radius 3 is 2.50 bits per heavy atom. The fraction of sp³-hybridized carbons (Fsp3) is 0.0714. The summed E-state index contributed by atoms with van der Waals surface area (Å²) in [4.78, 5) is 10.7. The van der Waals surface area contributed by atoms with Crippen molar-refractivity contribution in [2.75, 3.05) is 5.32 Å². The standard InChI is InChI=1S/C14H12FNO2/c15-12-8-11(14(17)18)6-7-13(12)16-9-10-4-2-1-3-5-10/h1-8,16H,9H2,(H,17,18). The van der Waals surface area contributed by atoms with E-state index in [1.165, 1.54) is 12.1 Å². The van der Waals surface area contributed by atoms with Crippen LogP contribution in [0.5, 0.6) is 0 Å². The van der Waals surface area contributed by atoms with Gasteiger partial charge in [0.15, 0.2) is 0 Å². The molecule has 2 aromatic rings. The monoisotopic (exact) mass is 245 g/mol. The van der Waals surface area contributed by atoms with Crippen molar-refractivity contribution in [3.8, 4) is 0 Å². The quantitative estimate of drug-likeness (QED) is 0.870. The number of aromatic carboxylic acids is 1. The molecule has 0 aromatic heterocycles. The predicted molar refractivity (Wildman–Crippen MR) is 67.1 cm³/mol. The highest BCUT2D eigenvalue weighted by Gasteiger charge is 2.07. The lowest BCUT2D eigenvalue weighted by Gasteiger charge is -2.08. The third-order valence-electron chi connectivity index (χ3n) is 2.54. The first-order valence-corrected chi connectivity index (χ1v) is 5.47. The summed E-state index contributed by atoms with van der Waals surface area (Å²) in [5.41, 5.74) is 1.26. The van der Waals surface area contributed by atoms with Crippen LogP contribution in [-0.2, 0) is 6.54 Å². The SMILES string of the molecule is O=C(O)c1ccc(NCc2ccccc2)c(F)c1. The van der Waals surface area contributed by atoms with Crippen LogP contribution in [-0.4, -0.2) is 11.1 Å². The van der Waals surface area contributed by atoms with Crippen LogP contribution in [0.25, 0.3) is 0 Å². The van der Waals surface area contributed by atoms with Crippen LogP contribution in [0.3, 0.4) is 0 Å². The first-order valence-electron chi connectivity index (χ1n) is 5.47. The number of nitrogens with one attached hydrogen (secondary N) is 1. The lowest BCUT2D eigenvalue weighted by Crippen LogP contribution is -2.03. The number of rotatable bonds is 4. The van der Waals surface area contributed by atoms with Crippen LogP contribution in [0.1, 0.15) is 15.9 Å². The van der Waals surface area contributed by atoms with Crippen molar-refractivity contribution in [2.24, 2.45) is 0 Å². The molecule has 2 N–H and O–H groups in total. The number of carboxylic acids is 1. The molecule has 4 heteroatoms. The summed E-state index contributed by atoms with van der Waals surface area (Å²) in [6.07, 6.45) is 0. The molecule has 0 heterocycles. The zero-order valence-electron chi connectivity index (χ0n) is 9.56. The molecule has 0 amide bonds. The number of hydrogen-bond acceptors (Lipinski definition) is 2. The number of hydrogen-bond donors (Lipinski definition) is 2. The summed E-state index contributed by atoms with van der Waals surface area (Å²) in [5.74, 6) is -1.70. The van der Waals surface area contributed by atoms with E-state index >= 15 is 0 Å². The molecule has 0 aliphatic heterocycles. The molecule has 0 radical (unpaired) electrons. The summed E-state index contributed by atoms with van der Waals surface area (Å²) < 4.78 is 13.6. The number of anilines is 1. The second-order valence-electron chi connectivity index (χ2n) is 3.84. The van der Waals surface area contributed by atoms with Crippen molar-refractivity contribution in [3.05, 3.63) is 65.5 Å². The fourth-order valence-corrected chi connectivity index (χ4v) is 1.58. The molecular formula is C14H12FNO2. The van der Waals surface area contributed by atoms with Gasteiger partial charge in [-0.25, -0.2) is 9.18 Å². The molecule has 0 saturated heterocycles. The van der Waals surface area contributed by atoms with E-state index in [1.54, 1.807) is 0 Å². The smallest absolute Gasteiger partial charge is 0.335 e. The summed E-state index contributed by atoms with van der Waals surface area (Å²) >= 11 is 0. The Balaban J connectivity index is 2.08. The maximum atomic E-state index is 13.6. The molecule has 0 spiro atoms. The van der Waals surface area contributed by atoms with Gasteiger partial charge < -0.3 is 10.4 Å². The summed E-state index contributed by atoms with van der Waals surface area (Å²) in [6, 6.07) is 13.4. The number of carbonyl (C=O) groups is 1. The second kappa shape index (κ2) is 5.31. The minimum atomic E-state index is -1.14. The topological polar surface area (TPSA) is 49.3 Å². The first-order chi connectivity index (χ1) is 8.66. The van der Waals surface area contributed by atoms with Gasteiger partial charge >= 0.3 is 5.97 Å². The number of halogens is 1. The van der Waals surface area contributed by atoms with Gasteiger partial charge in [0, 0.05) is 6.54 Å². The predicted octanol–water partition coefficient (Wildman–Crippen LogP) is 3.14. The van der Waals surface area contributed by atoms with Gasteiger partial charge in [-0.3, -0.25) is 0 Å². The Labute approximate surface area is 104 Å². The largest absolute Gasteiger partial charge is 0.478 e. The molecule has 0 atom stereocenters. The highest BCUT2D eigenvalue weighted by molar-refractivity contribution is 5.88. The molecule has 0 unspecified atom stereocenters. The van der Waals surface area contributed by atoms with Gasteiger partial charge in [-0.05, 0) is 23.8 Å². The molecular weight excluding hydrogens is 233 g/mol. The van der Waals surface area contributed by atoms with Gasteiger partial charge in [0.25, 0.3) is 0 Å². The molecule has 2 aromatic carbocycles. The van der Waals surface area contributed by atoms with E-state index in [0.717, 1.165) is 11.6 Å². The van der Waals surface area contributed by atoms with Gasteiger partial charge in [0.1, 0.15) is 5.82 Å². The molecule has 0 bridgehead atoms. The van der Waals surface area contributed by atoms with Gasteiger partial charge in [-0.2, -0.15) is 0 Å². The van der Waals surface area contributed by atoms with Crippen LogP contribution in [0.4, 0.5) is 10.1 Å². The molecule has 3 nitrogen and oxygen atoms in total. The highest BCUT2D eigenvalue weighted by atomic mass is 19.1. The van der Waals surface area contributed by atoms with E-state index in [1.807, 2.05) is 30.3 Å². The first kappa shape index (κ1) is 12.1. The Bertz CT molecular complexity index is 555. The van der Waals surface area contributed by atoms with Crippen molar-refractivity contribution >= 4 is 11.7 Å². The van der Waals surface area contributed by atoms with Crippen LogP contribution >= 0.6 is 0 Å². The lowest BCUT2D eigenvalue weighted by molar-refractivity contribution is 0.0696. The van der Waals surface area contributed by atoms with Crippen LogP contribution in [0.2, 0.25) is 0 Å². The zero-order chi connectivity index (χ0) is 13.0. The normalized spacial score (nSPS) is 10.1. The molecule has 0 saturated carbocycles. The molecule has 0 aliphatic carbocycles. The molecule has 92 valence electrons. The fourth-order valence-electron chi connectivity index (χ4n) is 1.58. The molecule has 0 fully saturated rings. The van der Waals surface area contributed by atoms with E-state index in [-0.39, 0.29) is 5.56 Å². The molecule has 2 rings (SSSR count). The Hall–Kier alpha value is -2.36. The van der Waals surface area contributed by atoms with Crippen molar-refractivity contribution in [3.63, 3.8) is 0 Å². The van der Waals surface area contributed by atoms with E-state index in [2.05, 4.69) is 5.32 Å². The van der Waals surface area contributed by atoms with Crippen molar-refractivity contribution in [2.45, 2.75) is 6.54 Å². The zero-order valence-corrected chi connectivity index (χ0v) is 9.56. The lowest BCUT2D eigenvalue weighted by atomic mass is 10.2. The van der Waals surface area contributed by atoms with Crippen LogP contribution < -0.4 is 5.32 Å². The highest BCUT2D eigenvalue weighted by Crippen LogP contribution is 2.16. The third kappa shape index (κ3) is 2.85. The Kier molecular flexibility index (Phi) is 3.57. The van der Waals surface area contributed by atoms with E-state index in [0.29, 0.717) is 12.2 Å².